The molecule has 0 aliphatic heterocycles. The second kappa shape index (κ2) is 11.1. The third kappa shape index (κ3) is 6.87. The van der Waals surface area contributed by atoms with E-state index in [9.17, 15) is 8.78 Å². The molecule has 132 valence electrons. The fourth-order valence-electron chi connectivity index (χ4n) is 3.27. The maximum absolute atomic E-state index is 14.1. The summed E-state index contributed by atoms with van der Waals surface area (Å²) in [6.45, 7) is 8.93. The van der Waals surface area contributed by atoms with E-state index in [1.165, 1.54) is 38.2 Å². The standard InChI is InChI=1S/C20H33F2P/c1-5-9-17(7-3)13-12-16(4)15-23(14-6-2)19-11-8-10-18(21)20(19)22/h8,10-11,16-17H,5-7,9,12-15H2,1-4H3. The number of benzene rings is 1. The average Bonchev–Trinajstić information content (AvgIpc) is 2.53. The van der Waals surface area contributed by atoms with Crippen LogP contribution in [0.1, 0.15) is 66.2 Å². The lowest BCUT2D eigenvalue weighted by atomic mass is 9.92. The van der Waals surface area contributed by atoms with E-state index in [0.717, 1.165) is 24.7 Å². The molecule has 0 radical (unpaired) electrons. The third-order valence-corrected chi connectivity index (χ3v) is 7.72. The Hall–Kier alpha value is -0.490. The van der Waals surface area contributed by atoms with E-state index in [1.54, 1.807) is 12.1 Å². The Labute approximate surface area is 142 Å². The number of hydrogen-bond donors (Lipinski definition) is 0. The number of halogens is 2. The molecule has 0 N–H and O–H groups in total. The molecule has 0 heterocycles. The molecular formula is C20H33F2P. The fraction of sp³-hybridized carbons (Fsp3) is 0.700. The average molecular weight is 342 g/mol. The zero-order valence-electron chi connectivity index (χ0n) is 15.2. The van der Waals surface area contributed by atoms with E-state index in [1.807, 2.05) is 0 Å². The third-order valence-electron chi connectivity index (χ3n) is 4.64. The summed E-state index contributed by atoms with van der Waals surface area (Å²) in [4.78, 5) is 0. The fourth-order valence-corrected chi connectivity index (χ4v) is 6.04. The Bertz CT molecular complexity index is 447. The van der Waals surface area contributed by atoms with Gasteiger partial charge in [-0.1, -0.05) is 86.3 Å². The van der Waals surface area contributed by atoms with E-state index in [-0.39, 0.29) is 0 Å². The summed E-state index contributed by atoms with van der Waals surface area (Å²) < 4.78 is 27.7. The summed E-state index contributed by atoms with van der Waals surface area (Å²) in [6.07, 6.45) is 9.34. The van der Waals surface area contributed by atoms with Crippen LogP contribution in [0.5, 0.6) is 0 Å². The van der Waals surface area contributed by atoms with E-state index in [2.05, 4.69) is 27.7 Å². The smallest absolute Gasteiger partial charge is 0.166 e. The van der Waals surface area contributed by atoms with Gasteiger partial charge in [-0.3, -0.25) is 0 Å². The SMILES string of the molecule is CCCC(CC)CCC(C)CP(CCC)c1cccc(F)c1F. The van der Waals surface area contributed by atoms with Gasteiger partial charge in [0.05, 0.1) is 0 Å². The molecule has 0 aliphatic rings. The summed E-state index contributed by atoms with van der Waals surface area (Å²) >= 11 is 0. The van der Waals surface area contributed by atoms with Crippen molar-refractivity contribution in [1.29, 1.82) is 0 Å². The van der Waals surface area contributed by atoms with Crippen LogP contribution in [0.2, 0.25) is 0 Å². The zero-order valence-corrected chi connectivity index (χ0v) is 16.1. The lowest BCUT2D eigenvalue weighted by Gasteiger charge is -2.23. The molecule has 0 spiro atoms. The lowest BCUT2D eigenvalue weighted by Crippen LogP contribution is -2.16. The van der Waals surface area contributed by atoms with Gasteiger partial charge in [0.25, 0.3) is 0 Å². The van der Waals surface area contributed by atoms with Gasteiger partial charge in [-0.2, -0.15) is 0 Å². The van der Waals surface area contributed by atoms with Crippen LogP contribution in [0.15, 0.2) is 18.2 Å². The molecule has 0 bridgehead atoms. The monoisotopic (exact) mass is 342 g/mol. The Kier molecular flexibility index (Phi) is 9.95. The Morgan fingerprint density at radius 3 is 2.35 bits per heavy atom. The number of hydrogen-bond acceptors (Lipinski definition) is 0. The van der Waals surface area contributed by atoms with Crippen LogP contribution in [0.25, 0.3) is 0 Å². The van der Waals surface area contributed by atoms with Gasteiger partial charge in [0.1, 0.15) is 0 Å². The van der Waals surface area contributed by atoms with Gasteiger partial charge >= 0.3 is 0 Å². The van der Waals surface area contributed by atoms with Crippen LogP contribution >= 0.6 is 7.92 Å². The molecule has 3 unspecified atom stereocenters. The maximum atomic E-state index is 14.1. The van der Waals surface area contributed by atoms with E-state index >= 15 is 0 Å². The van der Waals surface area contributed by atoms with Gasteiger partial charge in [-0.05, 0) is 30.2 Å². The lowest BCUT2D eigenvalue weighted by molar-refractivity contribution is 0.389. The summed E-state index contributed by atoms with van der Waals surface area (Å²) in [7, 11) is -0.590. The van der Waals surface area contributed by atoms with Crippen molar-refractivity contribution >= 4 is 13.2 Å². The van der Waals surface area contributed by atoms with Crippen molar-refractivity contribution in [3.63, 3.8) is 0 Å². The Morgan fingerprint density at radius 1 is 1.00 bits per heavy atom. The first kappa shape index (κ1) is 20.6. The maximum Gasteiger partial charge on any atom is 0.166 e. The molecule has 23 heavy (non-hydrogen) atoms. The second-order valence-electron chi connectivity index (χ2n) is 6.76. The van der Waals surface area contributed by atoms with E-state index < -0.39 is 19.6 Å². The van der Waals surface area contributed by atoms with E-state index in [4.69, 9.17) is 0 Å². The zero-order chi connectivity index (χ0) is 17.2. The molecule has 0 fully saturated rings. The summed E-state index contributed by atoms with van der Waals surface area (Å²) in [5.41, 5.74) is 0. The molecular weight excluding hydrogens is 309 g/mol. The van der Waals surface area contributed by atoms with Crippen LogP contribution in [0.3, 0.4) is 0 Å². The highest BCUT2D eigenvalue weighted by Gasteiger charge is 2.20. The van der Waals surface area contributed by atoms with Crippen LogP contribution < -0.4 is 5.30 Å². The Balaban J connectivity index is 2.66. The highest BCUT2D eigenvalue weighted by molar-refractivity contribution is 7.65. The molecule has 3 atom stereocenters. The van der Waals surface area contributed by atoms with Gasteiger partial charge in [0, 0.05) is 5.30 Å². The first-order valence-corrected chi connectivity index (χ1v) is 10.9. The minimum Gasteiger partial charge on any atom is -0.204 e. The van der Waals surface area contributed by atoms with Crippen molar-refractivity contribution in [2.75, 3.05) is 12.3 Å². The topological polar surface area (TPSA) is 0 Å². The van der Waals surface area contributed by atoms with Crippen molar-refractivity contribution in [2.45, 2.75) is 66.2 Å². The van der Waals surface area contributed by atoms with E-state index in [0.29, 0.717) is 11.2 Å². The molecule has 1 rings (SSSR count). The van der Waals surface area contributed by atoms with Crippen molar-refractivity contribution < 1.29 is 8.78 Å². The van der Waals surface area contributed by atoms with Crippen LogP contribution in [-0.2, 0) is 0 Å². The largest absolute Gasteiger partial charge is 0.204 e. The quantitative estimate of drug-likeness (QED) is 0.391. The molecule has 0 saturated heterocycles. The highest BCUT2D eigenvalue weighted by Crippen LogP contribution is 2.40. The predicted octanol–water partition coefficient (Wildman–Crippen LogP) is 6.72. The van der Waals surface area contributed by atoms with Gasteiger partial charge in [-0.15, -0.1) is 0 Å². The Morgan fingerprint density at radius 2 is 1.74 bits per heavy atom. The normalized spacial score (nSPS) is 15.4. The molecule has 1 aromatic carbocycles. The number of rotatable bonds is 11. The van der Waals surface area contributed by atoms with Crippen molar-refractivity contribution in [3.8, 4) is 0 Å². The van der Waals surface area contributed by atoms with Gasteiger partial charge < -0.3 is 0 Å². The molecule has 3 heteroatoms. The van der Waals surface area contributed by atoms with Crippen molar-refractivity contribution in [1.82, 2.24) is 0 Å². The first-order chi connectivity index (χ1) is 11.0. The van der Waals surface area contributed by atoms with Crippen LogP contribution in [-0.4, -0.2) is 12.3 Å². The second-order valence-corrected chi connectivity index (χ2v) is 9.14. The molecule has 0 aromatic heterocycles. The minimum absolute atomic E-state index is 0.584. The van der Waals surface area contributed by atoms with Crippen molar-refractivity contribution in [3.05, 3.63) is 29.8 Å². The molecule has 0 saturated carbocycles. The van der Waals surface area contributed by atoms with Crippen LogP contribution in [0.4, 0.5) is 8.78 Å². The highest BCUT2D eigenvalue weighted by atomic mass is 31.1. The summed E-state index contributed by atoms with van der Waals surface area (Å²) in [5, 5.41) is 0.634. The molecule has 0 amide bonds. The summed E-state index contributed by atoms with van der Waals surface area (Å²) in [5.74, 6) is 0.0939. The van der Waals surface area contributed by atoms with Gasteiger partial charge in [0.2, 0.25) is 0 Å². The molecule has 0 aliphatic carbocycles. The minimum atomic E-state index is -0.701. The first-order valence-electron chi connectivity index (χ1n) is 9.22. The molecule has 0 nitrogen and oxygen atoms in total. The predicted molar refractivity (Wildman–Crippen MR) is 100 cm³/mol. The van der Waals surface area contributed by atoms with Gasteiger partial charge in [0.15, 0.2) is 11.6 Å². The van der Waals surface area contributed by atoms with Crippen LogP contribution in [0, 0.1) is 23.5 Å². The molecule has 1 aromatic rings. The van der Waals surface area contributed by atoms with Gasteiger partial charge in [-0.25, -0.2) is 8.78 Å². The summed E-state index contributed by atoms with van der Waals surface area (Å²) in [6, 6.07) is 4.66. The van der Waals surface area contributed by atoms with Crippen molar-refractivity contribution in [2.24, 2.45) is 11.8 Å².